The predicted octanol–water partition coefficient (Wildman–Crippen LogP) is 1.10. The van der Waals surface area contributed by atoms with E-state index in [1.165, 1.54) is 6.07 Å². The topological polar surface area (TPSA) is 86.2 Å². The van der Waals surface area contributed by atoms with Crippen LogP contribution in [0.25, 0.3) is 0 Å². The molecule has 0 bridgehead atoms. The average molecular weight is 210 g/mol. The molecular formula is C10H11FN2O2. The lowest BCUT2D eigenvalue weighted by molar-refractivity contribution is 0.0979. The van der Waals surface area contributed by atoms with Crippen molar-refractivity contribution in [3.8, 4) is 0 Å². The number of primary amides is 1. The van der Waals surface area contributed by atoms with Gasteiger partial charge in [-0.25, -0.2) is 4.39 Å². The van der Waals surface area contributed by atoms with Crippen LogP contribution in [0, 0.1) is 5.82 Å². The number of carbonyl (C=O) groups is 2. The van der Waals surface area contributed by atoms with Crippen LogP contribution in [0.5, 0.6) is 0 Å². The Morgan fingerprint density at radius 1 is 1.33 bits per heavy atom. The summed E-state index contributed by atoms with van der Waals surface area (Å²) in [7, 11) is 0. The number of Topliss-reactive ketones (excluding diaryl/α,β-unsaturated/α-hetero) is 1. The smallest absolute Gasteiger partial charge is 0.251 e. The molecule has 4 nitrogen and oxygen atoms in total. The molecule has 0 aliphatic heterocycles. The fourth-order valence-electron chi connectivity index (χ4n) is 1.22. The first-order valence-corrected chi connectivity index (χ1v) is 4.40. The van der Waals surface area contributed by atoms with Crippen LogP contribution in [0.4, 0.5) is 10.1 Å². The van der Waals surface area contributed by atoms with Crippen molar-refractivity contribution in [3.63, 3.8) is 0 Å². The van der Waals surface area contributed by atoms with Gasteiger partial charge in [-0.05, 0) is 12.1 Å². The van der Waals surface area contributed by atoms with E-state index in [0.29, 0.717) is 0 Å². The van der Waals surface area contributed by atoms with Gasteiger partial charge in [0, 0.05) is 12.0 Å². The lowest BCUT2D eigenvalue weighted by Gasteiger charge is -2.06. The molecule has 0 aromatic heterocycles. The van der Waals surface area contributed by atoms with Crippen LogP contribution in [-0.2, 0) is 0 Å². The molecule has 0 aliphatic carbocycles. The van der Waals surface area contributed by atoms with Gasteiger partial charge in [-0.15, -0.1) is 0 Å². The highest BCUT2D eigenvalue weighted by Gasteiger charge is 2.17. The van der Waals surface area contributed by atoms with Gasteiger partial charge in [-0.3, -0.25) is 9.59 Å². The Balaban J connectivity index is 3.33. The number of carbonyl (C=O) groups excluding carboxylic acids is 2. The molecule has 0 radical (unpaired) electrons. The van der Waals surface area contributed by atoms with Crippen molar-refractivity contribution in [1.82, 2.24) is 0 Å². The zero-order valence-corrected chi connectivity index (χ0v) is 8.21. The molecule has 0 aliphatic rings. The number of anilines is 1. The van der Waals surface area contributed by atoms with Gasteiger partial charge < -0.3 is 11.5 Å². The Labute approximate surface area is 86.1 Å². The van der Waals surface area contributed by atoms with E-state index in [-0.39, 0.29) is 29.0 Å². The summed E-state index contributed by atoms with van der Waals surface area (Å²) in [5.41, 5.74) is 9.77. The molecule has 5 heteroatoms. The van der Waals surface area contributed by atoms with Crippen molar-refractivity contribution >= 4 is 17.4 Å². The normalized spacial score (nSPS) is 10.0. The molecule has 0 spiro atoms. The number of halogens is 1. The highest BCUT2D eigenvalue weighted by atomic mass is 19.1. The van der Waals surface area contributed by atoms with Gasteiger partial charge in [0.1, 0.15) is 0 Å². The van der Waals surface area contributed by atoms with E-state index < -0.39 is 11.7 Å². The number of nitrogens with two attached hydrogens (primary N) is 2. The summed E-state index contributed by atoms with van der Waals surface area (Å²) >= 11 is 0. The first-order valence-electron chi connectivity index (χ1n) is 4.40. The second-order valence-electron chi connectivity index (χ2n) is 3.03. The number of nitrogen functional groups attached to an aromatic ring is 1. The van der Waals surface area contributed by atoms with E-state index in [0.717, 1.165) is 6.07 Å². The van der Waals surface area contributed by atoms with E-state index >= 15 is 0 Å². The van der Waals surface area contributed by atoms with Crippen LogP contribution < -0.4 is 11.5 Å². The molecule has 1 aromatic rings. The van der Waals surface area contributed by atoms with Gasteiger partial charge in [0.25, 0.3) is 5.91 Å². The molecule has 0 heterocycles. The maximum absolute atomic E-state index is 13.4. The molecule has 15 heavy (non-hydrogen) atoms. The largest absolute Gasteiger partial charge is 0.396 e. The van der Waals surface area contributed by atoms with Crippen LogP contribution >= 0.6 is 0 Å². The van der Waals surface area contributed by atoms with E-state index in [9.17, 15) is 14.0 Å². The first kappa shape index (κ1) is 11.2. The van der Waals surface area contributed by atoms with Crippen LogP contribution in [-0.4, -0.2) is 11.7 Å². The van der Waals surface area contributed by atoms with Gasteiger partial charge in [0.15, 0.2) is 11.6 Å². The minimum absolute atomic E-state index is 0.0833. The zero-order chi connectivity index (χ0) is 11.6. The SMILES string of the molecule is CCC(=O)c1ccc(C(N)=O)c(F)c1N. The molecule has 0 unspecified atom stereocenters. The quantitative estimate of drug-likeness (QED) is 0.578. The third-order valence-corrected chi connectivity index (χ3v) is 2.07. The lowest BCUT2D eigenvalue weighted by Crippen LogP contribution is -2.16. The van der Waals surface area contributed by atoms with Gasteiger partial charge in [0.05, 0.1) is 11.3 Å². The first-order chi connectivity index (χ1) is 6.99. The van der Waals surface area contributed by atoms with Crippen molar-refractivity contribution in [1.29, 1.82) is 0 Å². The Hall–Kier alpha value is -1.91. The summed E-state index contributed by atoms with van der Waals surface area (Å²) in [5.74, 6) is -2.11. The Morgan fingerprint density at radius 2 is 1.87 bits per heavy atom. The third kappa shape index (κ3) is 1.96. The minimum atomic E-state index is -0.929. The summed E-state index contributed by atoms with van der Waals surface area (Å²) in [6.07, 6.45) is 0.222. The highest BCUT2D eigenvalue weighted by molar-refractivity contribution is 6.03. The number of hydrogen-bond acceptors (Lipinski definition) is 3. The molecule has 0 saturated carbocycles. The van der Waals surface area contributed by atoms with E-state index in [4.69, 9.17) is 11.5 Å². The monoisotopic (exact) mass is 210 g/mol. The molecule has 1 rings (SSSR count). The van der Waals surface area contributed by atoms with E-state index in [2.05, 4.69) is 0 Å². The third-order valence-electron chi connectivity index (χ3n) is 2.07. The maximum Gasteiger partial charge on any atom is 0.251 e. The summed E-state index contributed by atoms with van der Waals surface area (Å²) in [6.45, 7) is 1.64. The lowest BCUT2D eigenvalue weighted by atomic mass is 10.0. The van der Waals surface area contributed by atoms with Crippen LogP contribution in [0.1, 0.15) is 34.1 Å². The fourth-order valence-corrected chi connectivity index (χ4v) is 1.22. The summed E-state index contributed by atoms with van der Waals surface area (Å²) in [4.78, 5) is 22.1. The average Bonchev–Trinajstić information content (AvgIpc) is 2.20. The molecule has 0 fully saturated rings. The van der Waals surface area contributed by atoms with Gasteiger partial charge in [0.2, 0.25) is 0 Å². The molecule has 80 valence electrons. The number of benzene rings is 1. The molecular weight excluding hydrogens is 199 g/mol. The van der Waals surface area contributed by atoms with Crippen molar-refractivity contribution in [3.05, 3.63) is 29.1 Å². The van der Waals surface area contributed by atoms with Gasteiger partial charge >= 0.3 is 0 Å². The number of ketones is 1. The Morgan fingerprint density at radius 3 is 2.33 bits per heavy atom. The Kier molecular flexibility index (Phi) is 3.04. The number of hydrogen-bond donors (Lipinski definition) is 2. The number of rotatable bonds is 3. The van der Waals surface area contributed by atoms with Crippen molar-refractivity contribution in [2.75, 3.05) is 5.73 Å². The number of amides is 1. The predicted molar refractivity (Wildman–Crippen MR) is 54.0 cm³/mol. The van der Waals surface area contributed by atoms with Crippen molar-refractivity contribution < 1.29 is 14.0 Å². The zero-order valence-electron chi connectivity index (χ0n) is 8.21. The van der Waals surface area contributed by atoms with Crippen LogP contribution in [0.15, 0.2) is 12.1 Å². The second-order valence-corrected chi connectivity index (χ2v) is 3.03. The molecule has 4 N–H and O–H groups in total. The standard InChI is InChI=1S/C10H11FN2O2/c1-2-7(14)5-3-4-6(10(13)15)8(11)9(5)12/h3-4H,2,12H2,1H3,(H2,13,15). The minimum Gasteiger partial charge on any atom is -0.396 e. The fraction of sp³-hybridized carbons (Fsp3) is 0.200. The van der Waals surface area contributed by atoms with Crippen LogP contribution in [0.3, 0.4) is 0 Å². The van der Waals surface area contributed by atoms with E-state index in [1.54, 1.807) is 6.92 Å². The maximum atomic E-state index is 13.4. The summed E-state index contributed by atoms with van der Waals surface area (Å²) in [5, 5.41) is 0. The second kappa shape index (κ2) is 4.08. The Bertz CT molecular complexity index is 430. The summed E-state index contributed by atoms with van der Waals surface area (Å²) in [6, 6.07) is 2.47. The molecule has 1 aromatic carbocycles. The van der Waals surface area contributed by atoms with Crippen molar-refractivity contribution in [2.45, 2.75) is 13.3 Å². The molecule has 0 atom stereocenters. The van der Waals surface area contributed by atoms with E-state index in [1.807, 2.05) is 0 Å². The summed E-state index contributed by atoms with van der Waals surface area (Å²) < 4.78 is 13.4. The molecule has 0 saturated heterocycles. The highest BCUT2D eigenvalue weighted by Crippen LogP contribution is 2.21. The van der Waals surface area contributed by atoms with Crippen LogP contribution in [0.2, 0.25) is 0 Å². The van der Waals surface area contributed by atoms with Crippen molar-refractivity contribution in [2.24, 2.45) is 5.73 Å². The van der Waals surface area contributed by atoms with Gasteiger partial charge in [-0.2, -0.15) is 0 Å². The molecule has 1 amide bonds. The van der Waals surface area contributed by atoms with Gasteiger partial charge in [-0.1, -0.05) is 6.92 Å².